The van der Waals surface area contributed by atoms with Gasteiger partial charge in [0.15, 0.2) is 5.76 Å². The molecule has 7 nitrogen and oxygen atoms in total. The van der Waals surface area contributed by atoms with E-state index >= 15 is 0 Å². The van der Waals surface area contributed by atoms with Crippen molar-refractivity contribution in [3.05, 3.63) is 54.3 Å². The third kappa shape index (κ3) is 3.64. The topological polar surface area (TPSA) is 90.6 Å². The Morgan fingerprint density at radius 1 is 1.18 bits per heavy atom. The van der Waals surface area contributed by atoms with E-state index in [0.29, 0.717) is 29.5 Å². The number of rotatable bonds is 7. The lowest BCUT2D eigenvalue weighted by atomic mass is 10.3. The van der Waals surface area contributed by atoms with Gasteiger partial charge in [0.05, 0.1) is 25.7 Å². The molecule has 0 aliphatic rings. The molecule has 3 aromatic rings. The van der Waals surface area contributed by atoms with E-state index in [1.54, 1.807) is 42.9 Å². The van der Waals surface area contributed by atoms with E-state index in [-0.39, 0.29) is 19.1 Å². The Hall–Kier alpha value is -2.80. The predicted molar refractivity (Wildman–Crippen MR) is 74.4 cm³/mol. The first-order valence-corrected chi connectivity index (χ1v) is 6.67. The molecule has 0 bridgehead atoms. The van der Waals surface area contributed by atoms with Crippen molar-refractivity contribution >= 4 is 5.91 Å². The highest BCUT2D eigenvalue weighted by Gasteiger charge is 2.10. The van der Waals surface area contributed by atoms with E-state index in [9.17, 15) is 4.79 Å². The molecule has 1 amide bonds. The van der Waals surface area contributed by atoms with Gasteiger partial charge >= 0.3 is 0 Å². The number of nitrogens with zero attached hydrogens (tertiary/aromatic N) is 1. The molecule has 3 heterocycles. The van der Waals surface area contributed by atoms with Crippen LogP contribution in [0.4, 0.5) is 0 Å². The summed E-state index contributed by atoms with van der Waals surface area (Å²) in [5.74, 6) is 1.57. The Morgan fingerprint density at radius 3 is 2.82 bits per heavy atom. The Labute approximate surface area is 125 Å². The number of aromatic nitrogens is 1. The van der Waals surface area contributed by atoms with E-state index in [2.05, 4.69) is 10.5 Å². The molecule has 0 aromatic carbocycles. The monoisotopic (exact) mass is 302 g/mol. The highest BCUT2D eigenvalue weighted by atomic mass is 16.5. The maximum Gasteiger partial charge on any atom is 0.246 e. The van der Waals surface area contributed by atoms with E-state index in [1.807, 2.05) is 0 Å². The highest BCUT2D eigenvalue weighted by molar-refractivity contribution is 5.77. The molecule has 1 N–H and O–H groups in total. The van der Waals surface area contributed by atoms with Crippen molar-refractivity contribution in [3.63, 3.8) is 0 Å². The number of hydrogen-bond acceptors (Lipinski definition) is 6. The number of amides is 1. The molecule has 0 saturated heterocycles. The van der Waals surface area contributed by atoms with Gasteiger partial charge in [-0.15, -0.1) is 0 Å². The standard InChI is InChI=1S/C15H14N2O5/c18-15(16-8-12-3-1-5-20-12)10-19-9-11-7-14(22-17-11)13-4-2-6-21-13/h1-7H,8-10H2,(H,16,18). The Bertz CT molecular complexity index is 700. The molecular weight excluding hydrogens is 288 g/mol. The third-order valence-corrected chi connectivity index (χ3v) is 2.85. The number of furan rings is 2. The van der Waals surface area contributed by atoms with E-state index in [4.69, 9.17) is 18.1 Å². The van der Waals surface area contributed by atoms with Crippen LogP contribution < -0.4 is 5.32 Å². The van der Waals surface area contributed by atoms with Gasteiger partial charge in [0, 0.05) is 6.07 Å². The summed E-state index contributed by atoms with van der Waals surface area (Å²) >= 11 is 0. The summed E-state index contributed by atoms with van der Waals surface area (Å²) in [6.07, 6.45) is 3.11. The Balaban J connectivity index is 1.40. The molecule has 0 aliphatic heterocycles. The number of nitrogens with one attached hydrogen (secondary N) is 1. The lowest BCUT2D eigenvalue weighted by Crippen LogP contribution is -2.26. The minimum atomic E-state index is -0.230. The number of carbonyl (C=O) groups is 1. The van der Waals surface area contributed by atoms with Crippen LogP contribution in [0.2, 0.25) is 0 Å². The minimum absolute atomic E-state index is 0.0658. The molecule has 22 heavy (non-hydrogen) atoms. The number of ether oxygens (including phenoxy) is 1. The first-order valence-electron chi connectivity index (χ1n) is 6.67. The third-order valence-electron chi connectivity index (χ3n) is 2.85. The fraction of sp³-hybridized carbons (Fsp3) is 0.200. The lowest BCUT2D eigenvalue weighted by molar-refractivity contribution is -0.126. The van der Waals surface area contributed by atoms with Crippen molar-refractivity contribution in [2.75, 3.05) is 6.61 Å². The molecule has 3 aromatic heterocycles. The lowest BCUT2D eigenvalue weighted by Gasteiger charge is -2.03. The predicted octanol–water partition coefficient (Wildman–Crippen LogP) is 2.36. The first-order chi connectivity index (χ1) is 10.8. The average molecular weight is 302 g/mol. The van der Waals surface area contributed by atoms with Crippen molar-refractivity contribution < 1.29 is 22.9 Å². The molecule has 0 spiro atoms. The summed E-state index contributed by atoms with van der Waals surface area (Å²) in [5, 5.41) is 6.53. The fourth-order valence-corrected chi connectivity index (χ4v) is 1.81. The van der Waals surface area contributed by atoms with Gasteiger partial charge in [0.25, 0.3) is 0 Å². The highest BCUT2D eigenvalue weighted by Crippen LogP contribution is 2.20. The number of carbonyl (C=O) groups excluding carboxylic acids is 1. The Kier molecular flexibility index (Phi) is 4.35. The molecule has 7 heteroatoms. The molecule has 0 fully saturated rings. The van der Waals surface area contributed by atoms with Crippen LogP contribution in [0.15, 0.2) is 56.2 Å². The minimum Gasteiger partial charge on any atom is -0.467 e. The Morgan fingerprint density at radius 2 is 2.05 bits per heavy atom. The zero-order valence-corrected chi connectivity index (χ0v) is 11.7. The summed E-state index contributed by atoms with van der Waals surface area (Å²) in [7, 11) is 0. The molecule has 0 saturated carbocycles. The van der Waals surface area contributed by atoms with Gasteiger partial charge in [0.2, 0.25) is 11.7 Å². The van der Waals surface area contributed by atoms with Crippen molar-refractivity contribution in [2.45, 2.75) is 13.2 Å². The van der Waals surface area contributed by atoms with Crippen LogP contribution in [-0.2, 0) is 22.7 Å². The summed E-state index contributed by atoms with van der Waals surface area (Å²) < 4.78 is 20.7. The second kappa shape index (κ2) is 6.77. The normalized spacial score (nSPS) is 10.7. The van der Waals surface area contributed by atoms with Gasteiger partial charge in [-0.1, -0.05) is 5.16 Å². The van der Waals surface area contributed by atoms with Crippen LogP contribution in [0, 0.1) is 0 Å². The SMILES string of the molecule is O=C(COCc1cc(-c2ccco2)on1)NCc1ccco1. The van der Waals surface area contributed by atoms with Gasteiger partial charge in [-0.25, -0.2) is 0 Å². The van der Waals surface area contributed by atoms with Gasteiger partial charge < -0.3 is 23.4 Å². The summed E-state index contributed by atoms with van der Waals surface area (Å²) in [6, 6.07) is 8.79. The van der Waals surface area contributed by atoms with Gasteiger partial charge in [-0.05, 0) is 24.3 Å². The second-order valence-corrected chi connectivity index (χ2v) is 4.51. The molecular formula is C15H14N2O5. The van der Waals surface area contributed by atoms with Crippen LogP contribution in [-0.4, -0.2) is 17.7 Å². The summed E-state index contributed by atoms with van der Waals surface area (Å²) in [5.41, 5.74) is 0.588. The fourth-order valence-electron chi connectivity index (χ4n) is 1.81. The van der Waals surface area contributed by atoms with Gasteiger partial charge in [0.1, 0.15) is 18.1 Å². The maximum atomic E-state index is 11.6. The van der Waals surface area contributed by atoms with Crippen LogP contribution in [0.3, 0.4) is 0 Å². The van der Waals surface area contributed by atoms with Crippen molar-refractivity contribution in [1.82, 2.24) is 10.5 Å². The summed E-state index contributed by atoms with van der Waals surface area (Å²) in [4.78, 5) is 11.6. The van der Waals surface area contributed by atoms with Gasteiger partial charge in [-0.2, -0.15) is 0 Å². The summed E-state index contributed by atoms with van der Waals surface area (Å²) in [6.45, 7) is 0.448. The second-order valence-electron chi connectivity index (χ2n) is 4.51. The van der Waals surface area contributed by atoms with Crippen LogP contribution >= 0.6 is 0 Å². The van der Waals surface area contributed by atoms with Gasteiger partial charge in [-0.3, -0.25) is 4.79 Å². The first kappa shape index (κ1) is 14.2. The molecule has 3 rings (SSSR count). The largest absolute Gasteiger partial charge is 0.467 e. The van der Waals surface area contributed by atoms with Crippen molar-refractivity contribution in [1.29, 1.82) is 0 Å². The average Bonchev–Trinajstić information content (AvgIpc) is 3.26. The quantitative estimate of drug-likeness (QED) is 0.720. The molecule has 0 atom stereocenters. The zero-order chi connectivity index (χ0) is 15.2. The smallest absolute Gasteiger partial charge is 0.246 e. The molecule has 0 aliphatic carbocycles. The maximum absolute atomic E-state index is 11.6. The zero-order valence-electron chi connectivity index (χ0n) is 11.7. The molecule has 0 radical (unpaired) electrons. The van der Waals surface area contributed by atoms with E-state index in [1.165, 1.54) is 0 Å². The molecule has 114 valence electrons. The molecule has 0 unspecified atom stereocenters. The van der Waals surface area contributed by atoms with Crippen LogP contribution in [0.25, 0.3) is 11.5 Å². The van der Waals surface area contributed by atoms with Crippen molar-refractivity contribution in [3.8, 4) is 11.5 Å². The van der Waals surface area contributed by atoms with E-state index < -0.39 is 0 Å². The van der Waals surface area contributed by atoms with Crippen molar-refractivity contribution in [2.24, 2.45) is 0 Å². The number of hydrogen-bond donors (Lipinski definition) is 1. The van der Waals surface area contributed by atoms with Crippen LogP contribution in [0.5, 0.6) is 0 Å². The van der Waals surface area contributed by atoms with E-state index in [0.717, 1.165) is 0 Å². The van der Waals surface area contributed by atoms with Crippen LogP contribution in [0.1, 0.15) is 11.5 Å².